The van der Waals surface area contributed by atoms with Gasteiger partial charge in [0.2, 0.25) is 5.88 Å². The molecule has 2 aromatic heterocycles. The lowest BCUT2D eigenvalue weighted by molar-refractivity contribution is 0.0950. The van der Waals surface area contributed by atoms with Gasteiger partial charge in [-0.1, -0.05) is 12.1 Å². The van der Waals surface area contributed by atoms with Crippen molar-refractivity contribution >= 4 is 17.2 Å². The number of benzene rings is 2. The van der Waals surface area contributed by atoms with Crippen LogP contribution >= 0.6 is 0 Å². The minimum Gasteiger partial charge on any atom is -0.437 e. The summed E-state index contributed by atoms with van der Waals surface area (Å²) in [5.41, 5.74) is 4.67. The number of nitrogens with one attached hydrogen (secondary N) is 2. The number of halogens is 1. The first-order chi connectivity index (χ1) is 19.0. The van der Waals surface area contributed by atoms with Gasteiger partial charge in [-0.05, 0) is 88.5 Å². The van der Waals surface area contributed by atoms with Crippen LogP contribution in [-0.2, 0) is 0 Å². The van der Waals surface area contributed by atoms with Crippen LogP contribution in [0.5, 0.6) is 11.6 Å². The molecule has 9 heteroatoms. The number of anilines is 1. The first-order valence-corrected chi connectivity index (χ1v) is 13.7. The Hall–Kier alpha value is -3.98. The van der Waals surface area contributed by atoms with Crippen LogP contribution in [0.25, 0.3) is 16.9 Å². The van der Waals surface area contributed by atoms with Crippen molar-refractivity contribution in [1.82, 2.24) is 24.8 Å². The third-order valence-electron chi connectivity index (χ3n) is 7.31. The van der Waals surface area contributed by atoms with Crippen LogP contribution in [0.4, 0.5) is 10.1 Å². The number of hydrogen-bond donors (Lipinski definition) is 2. The average molecular weight is 529 g/mol. The van der Waals surface area contributed by atoms with Crippen molar-refractivity contribution in [2.45, 2.75) is 45.1 Å². The van der Waals surface area contributed by atoms with E-state index in [1.807, 2.05) is 31.2 Å². The first-order valence-electron chi connectivity index (χ1n) is 13.7. The summed E-state index contributed by atoms with van der Waals surface area (Å²) in [5.74, 6) is 0.277. The summed E-state index contributed by atoms with van der Waals surface area (Å²) >= 11 is 0. The highest BCUT2D eigenvalue weighted by Crippen LogP contribution is 2.30. The van der Waals surface area contributed by atoms with Crippen molar-refractivity contribution in [2.75, 3.05) is 31.5 Å². The molecule has 1 amide bonds. The zero-order chi connectivity index (χ0) is 26.8. The molecule has 1 saturated carbocycles. The number of nitrogens with zero attached hydrogens (tertiary/aromatic N) is 4. The molecule has 1 aliphatic heterocycles. The molecule has 202 valence electrons. The molecule has 8 nitrogen and oxygen atoms in total. The molecular formula is C30H33FN6O2. The molecule has 39 heavy (non-hydrogen) atoms. The van der Waals surface area contributed by atoms with Crippen molar-refractivity contribution in [3.8, 4) is 22.9 Å². The highest BCUT2D eigenvalue weighted by Gasteiger charge is 2.24. The number of fused-ring (bicyclic) bond motifs is 1. The number of likely N-dealkylation sites (tertiary alicyclic amines) is 1. The normalized spacial score (nSPS) is 15.5. The Morgan fingerprint density at radius 1 is 1.13 bits per heavy atom. The topological polar surface area (TPSA) is 83.8 Å². The molecule has 0 atom stereocenters. The highest BCUT2D eigenvalue weighted by atomic mass is 19.1. The number of aromatic nitrogens is 3. The van der Waals surface area contributed by atoms with Crippen LogP contribution in [0, 0.1) is 12.7 Å². The molecule has 2 N–H and O–H groups in total. The van der Waals surface area contributed by atoms with Gasteiger partial charge >= 0.3 is 0 Å². The van der Waals surface area contributed by atoms with Crippen LogP contribution in [-0.4, -0.2) is 57.6 Å². The van der Waals surface area contributed by atoms with Crippen molar-refractivity contribution in [1.29, 1.82) is 0 Å². The van der Waals surface area contributed by atoms with E-state index >= 15 is 0 Å². The van der Waals surface area contributed by atoms with E-state index in [1.165, 1.54) is 38.1 Å². The summed E-state index contributed by atoms with van der Waals surface area (Å²) in [4.78, 5) is 19.8. The summed E-state index contributed by atoms with van der Waals surface area (Å²) in [7, 11) is 0. The summed E-state index contributed by atoms with van der Waals surface area (Å²) in [5, 5.41) is 11.3. The number of amides is 1. The maximum Gasteiger partial charge on any atom is 0.251 e. The standard InChI is InChI=1S/C30H33FN6O2/c1-20-16-21(8-11-25(20)30(38)34-23-9-10-23)27-19-33-29-26(32-12-5-15-36-13-2-3-14-36)18-28(35-37(27)29)39-24-7-4-6-22(31)17-24/h4,6-8,11,16-19,23,32H,2-3,5,9-10,12-15H2,1H3,(H,34,38). The van der Waals surface area contributed by atoms with E-state index in [9.17, 15) is 9.18 Å². The van der Waals surface area contributed by atoms with Gasteiger partial charge in [0.25, 0.3) is 5.91 Å². The van der Waals surface area contributed by atoms with E-state index in [4.69, 9.17) is 9.84 Å². The van der Waals surface area contributed by atoms with E-state index in [-0.39, 0.29) is 11.7 Å². The molecule has 2 fully saturated rings. The SMILES string of the molecule is Cc1cc(-c2cnc3c(NCCCN4CCCC4)cc(Oc4cccc(F)c4)nn23)ccc1C(=O)NC1CC1. The van der Waals surface area contributed by atoms with E-state index < -0.39 is 0 Å². The molecule has 2 aliphatic rings. The summed E-state index contributed by atoms with van der Waals surface area (Å²) in [6.45, 7) is 6.13. The van der Waals surface area contributed by atoms with Gasteiger partial charge in [-0.15, -0.1) is 5.10 Å². The maximum atomic E-state index is 13.8. The second-order valence-corrected chi connectivity index (χ2v) is 10.4. The van der Waals surface area contributed by atoms with Gasteiger partial charge in [-0.25, -0.2) is 13.9 Å². The van der Waals surface area contributed by atoms with Crippen molar-refractivity contribution in [3.05, 3.63) is 71.7 Å². The largest absolute Gasteiger partial charge is 0.437 e. The van der Waals surface area contributed by atoms with E-state index in [2.05, 4.69) is 20.5 Å². The summed E-state index contributed by atoms with van der Waals surface area (Å²) in [6, 6.07) is 13.9. The summed E-state index contributed by atoms with van der Waals surface area (Å²) in [6.07, 6.45) is 7.44. The number of aryl methyl sites for hydroxylation is 1. The second-order valence-electron chi connectivity index (χ2n) is 10.4. The molecule has 0 radical (unpaired) electrons. The highest BCUT2D eigenvalue weighted by molar-refractivity contribution is 5.96. The molecule has 0 bridgehead atoms. The number of hydrogen-bond acceptors (Lipinski definition) is 6. The predicted molar refractivity (Wildman–Crippen MR) is 149 cm³/mol. The zero-order valence-corrected chi connectivity index (χ0v) is 22.1. The number of rotatable bonds is 10. The Labute approximate surface area is 227 Å². The molecule has 6 rings (SSSR count). The maximum absolute atomic E-state index is 13.8. The number of imidazole rings is 1. The lowest BCUT2D eigenvalue weighted by Gasteiger charge is -2.15. The minimum atomic E-state index is -0.376. The predicted octanol–water partition coefficient (Wildman–Crippen LogP) is 5.43. The fourth-order valence-electron chi connectivity index (χ4n) is 5.07. The smallest absolute Gasteiger partial charge is 0.251 e. The Kier molecular flexibility index (Phi) is 7.15. The Bertz CT molecular complexity index is 1490. The van der Waals surface area contributed by atoms with Gasteiger partial charge < -0.3 is 20.3 Å². The molecular weight excluding hydrogens is 495 g/mol. The summed E-state index contributed by atoms with van der Waals surface area (Å²) < 4.78 is 21.5. The quantitative estimate of drug-likeness (QED) is 0.267. The second kappa shape index (κ2) is 11.0. The molecule has 0 unspecified atom stereocenters. The van der Waals surface area contributed by atoms with Gasteiger partial charge in [0, 0.05) is 35.8 Å². The fourth-order valence-corrected chi connectivity index (χ4v) is 5.07. The number of ether oxygens (including phenoxy) is 1. The van der Waals surface area contributed by atoms with E-state index in [0.29, 0.717) is 28.9 Å². The van der Waals surface area contributed by atoms with Crippen LogP contribution in [0.1, 0.15) is 48.0 Å². The van der Waals surface area contributed by atoms with Gasteiger partial charge in [-0.3, -0.25) is 4.79 Å². The third kappa shape index (κ3) is 5.88. The van der Waals surface area contributed by atoms with Crippen LogP contribution in [0.15, 0.2) is 54.7 Å². The number of carbonyl (C=O) groups is 1. The third-order valence-corrected chi connectivity index (χ3v) is 7.31. The minimum absolute atomic E-state index is 0.0380. The lowest BCUT2D eigenvalue weighted by atomic mass is 10.0. The van der Waals surface area contributed by atoms with Gasteiger partial charge in [-0.2, -0.15) is 0 Å². The van der Waals surface area contributed by atoms with E-state index in [0.717, 1.165) is 54.9 Å². The van der Waals surface area contributed by atoms with Gasteiger partial charge in [0.1, 0.15) is 11.6 Å². The lowest BCUT2D eigenvalue weighted by Crippen LogP contribution is -2.26. The molecule has 4 aromatic rings. The van der Waals surface area contributed by atoms with Crippen LogP contribution in [0.3, 0.4) is 0 Å². The Morgan fingerprint density at radius 3 is 2.74 bits per heavy atom. The fraction of sp³-hybridized carbons (Fsp3) is 0.367. The van der Waals surface area contributed by atoms with Crippen LogP contribution in [0.2, 0.25) is 0 Å². The monoisotopic (exact) mass is 528 g/mol. The zero-order valence-electron chi connectivity index (χ0n) is 22.1. The molecule has 2 aromatic carbocycles. The first kappa shape index (κ1) is 25.3. The van der Waals surface area contributed by atoms with Gasteiger partial charge in [0.15, 0.2) is 5.65 Å². The molecule has 3 heterocycles. The Morgan fingerprint density at radius 2 is 1.97 bits per heavy atom. The van der Waals surface area contributed by atoms with Crippen molar-refractivity contribution in [3.63, 3.8) is 0 Å². The molecule has 1 saturated heterocycles. The Balaban J connectivity index is 1.29. The van der Waals surface area contributed by atoms with Crippen molar-refractivity contribution in [2.24, 2.45) is 0 Å². The van der Waals surface area contributed by atoms with Crippen LogP contribution < -0.4 is 15.4 Å². The van der Waals surface area contributed by atoms with Crippen molar-refractivity contribution < 1.29 is 13.9 Å². The molecule has 1 aliphatic carbocycles. The number of carbonyl (C=O) groups excluding carboxylic acids is 1. The average Bonchev–Trinajstić information content (AvgIpc) is 3.39. The molecule has 0 spiro atoms. The van der Waals surface area contributed by atoms with E-state index in [1.54, 1.807) is 22.8 Å². The van der Waals surface area contributed by atoms with Gasteiger partial charge in [0.05, 0.1) is 17.6 Å².